The molecule has 11 nitrogen and oxygen atoms in total. The first kappa shape index (κ1) is 28.4. The Labute approximate surface area is 241 Å². The zero-order valence-corrected chi connectivity index (χ0v) is 23.3. The molecule has 2 heterocycles. The fraction of sp³-hybridized carbons (Fsp3) is 0.586. The van der Waals surface area contributed by atoms with E-state index in [1.807, 2.05) is 0 Å². The van der Waals surface area contributed by atoms with Gasteiger partial charge in [-0.25, -0.2) is 4.98 Å². The van der Waals surface area contributed by atoms with Crippen LogP contribution in [0.25, 0.3) is 11.5 Å². The Morgan fingerprint density at radius 1 is 1.07 bits per heavy atom. The predicted molar refractivity (Wildman–Crippen MR) is 145 cm³/mol. The van der Waals surface area contributed by atoms with Crippen LogP contribution in [0.1, 0.15) is 74.2 Å². The van der Waals surface area contributed by atoms with Crippen molar-refractivity contribution < 1.29 is 37.1 Å². The zero-order valence-electron chi connectivity index (χ0n) is 23.3. The predicted octanol–water partition coefficient (Wildman–Crippen LogP) is 3.14. The van der Waals surface area contributed by atoms with Gasteiger partial charge in [-0.1, -0.05) is 0 Å². The number of carbonyl (C=O) groups excluding carboxylic acids is 3. The quantitative estimate of drug-likeness (QED) is 0.343. The van der Waals surface area contributed by atoms with E-state index in [0.717, 1.165) is 38.5 Å². The number of likely N-dealkylation sites (tertiary alicyclic amines) is 1. The van der Waals surface area contributed by atoms with Crippen LogP contribution in [-0.2, 0) is 9.59 Å². The number of nitrogens with zero attached hydrogens (tertiary/aromatic N) is 2. The fourth-order valence-electron chi connectivity index (χ4n) is 5.10. The first-order valence-electron chi connectivity index (χ1n) is 14.6. The summed E-state index contributed by atoms with van der Waals surface area (Å²) in [6, 6.07) is 2.51. The van der Waals surface area contributed by atoms with E-state index in [9.17, 15) is 23.2 Å². The Bertz CT molecular complexity index is 1350. The molecule has 4 N–H and O–H groups in total. The summed E-state index contributed by atoms with van der Waals surface area (Å²) in [4.78, 5) is 45.5. The summed E-state index contributed by atoms with van der Waals surface area (Å²) in [5.74, 6) is -0.359. The van der Waals surface area contributed by atoms with Crippen LogP contribution in [0.2, 0.25) is 0 Å². The van der Waals surface area contributed by atoms with E-state index in [2.05, 4.69) is 20.4 Å². The van der Waals surface area contributed by atoms with Crippen molar-refractivity contribution in [2.75, 3.05) is 13.2 Å². The van der Waals surface area contributed by atoms with Crippen molar-refractivity contribution in [2.45, 2.75) is 82.6 Å². The summed E-state index contributed by atoms with van der Waals surface area (Å²) in [6.07, 6.45) is 5.77. The van der Waals surface area contributed by atoms with E-state index in [1.165, 1.54) is 23.1 Å². The van der Waals surface area contributed by atoms with Crippen molar-refractivity contribution in [3.63, 3.8) is 0 Å². The average molecular weight is 588 g/mol. The Kier molecular flexibility index (Phi) is 7.77. The molecule has 4 aliphatic rings. The molecule has 0 unspecified atom stereocenters. The molecule has 3 atom stereocenters. The lowest BCUT2D eigenvalue weighted by Gasteiger charge is -2.23. The number of benzene rings is 1. The minimum atomic E-state index is -3.03. The first-order chi connectivity index (χ1) is 20.2. The summed E-state index contributed by atoms with van der Waals surface area (Å²) in [5, 5.41) is 5.95. The molecule has 0 radical (unpaired) electrons. The third-order valence-electron chi connectivity index (χ3n) is 7.93. The average Bonchev–Trinajstić information content (AvgIpc) is 3.85. The molecule has 42 heavy (non-hydrogen) atoms. The Hall–Kier alpha value is -3.74. The summed E-state index contributed by atoms with van der Waals surface area (Å²) in [5.41, 5.74) is 6.50. The number of amides is 3. The van der Waals surface area contributed by atoms with Gasteiger partial charge < -0.3 is 35.2 Å². The molecule has 1 saturated heterocycles. The maximum atomic E-state index is 14.0. The van der Waals surface area contributed by atoms with Crippen LogP contribution in [0.3, 0.4) is 0 Å². The van der Waals surface area contributed by atoms with E-state index >= 15 is 0 Å². The second kappa shape index (κ2) is 11.5. The molecule has 3 aliphatic carbocycles. The van der Waals surface area contributed by atoms with Gasteiger partial charge in [-0.05, 0) is 76.0 Å². The maximum Gasteiger partial charge on any atom is 0.387 e. The van der Waals surface area contributed by atoms with E-state index in [4.69, 9.17) is 14.9 Å². The van der Waals surface area contributed by atoms with E-state index in [1.54, 1.807) is 6.92 Å². The smallest absolute Gasteiger partial charge is 0.387 e. The number of ether oxygens (including phenoxy) is 2. The lowest BCUT2D eigenvalue weighted by Crippen LogP contribution is -2.47. The van der Waals surface area contributed by atoms with Gasteiger partial charge in [0.25, 0.3) is 5.91 Å². The van der Waals surface area contributed by atoms with Gasteiger partial charge in [0.2, 0.25) is 17.7 Å². The van der Waals surface area contributed by atoms with Gasteiger partial charge in [-0.15, -0.1) is 0 Å². The van der Waals surface area contributed by atoms with Crippen molar-refractivity contribution in [1.82, 2.24) is 20.5 Å². The number of alkyl halides is 2. The number of rotatable bonds is 12. The number of hydrogen-bond donors (Lipinski definition) is 3. The second-order valence-electron chi connectivity index (χ2n) is 11.8. The molecule has 1 aromatic heterocycles. The maximum absolute atomic E-state index is 14.0. The van der Waals surface area contributed by atoms with Gasteiger partial charge in [0.05, 0.1) is 12.6 Å². The topological polar surface area (TPSA) is 149 Å². The largest absolute Gasteiger partial charge is 0.489 e. The van der Waals surface area contributed by atoms with Crippen molar-refractivity contribution in [2.24, 2.45) is 17.6 Å². The summed E-state index contributed by atoms with van der Waals surface area (Å²) < 4.78 is 42.4. The Morgan fingerprint density at radius 2 is 1.81 bits per heavy atom. The van der Waals surface area contributed by atoms with Crippen LogP contribution < -0.4 is 25.8 Å². The monoisotopic (exact) mass is 587 g/mol. The number of carbonyl (C=O) groups is 3. The van der Waals surface area contributed by atoms with Crippen LogP contribution >= 0.6 is 0 Å². The van der Waals surface area contributed by atoms with Crippen LogP contribution in [0.15, 0.2) is 22.6 Å². The molecule has 1 aliphatic heterocycles. The molecule has 3 amide bonds. The number of halogens is 2. The van der Waals surface area contributed by atoms with Gasteiger partial charge >= 0.3 is 6.61 Å². The van der Waals surface area contributed by atoms with Crippen LogP contribution in [0.5, 0.6) is 11.5 Å². The van der Waals surface area contributed by atoms with Gasteiger partial charge in [0.15, 0.2) is 23.0 Å². The summed E-state index contributed by atoms with van der Waals surface area (Å²) in [6.45, 7) is -0.885. The zero-order chi connectivity index (χ0) is 29.5. The normalized spacial score (nSPS) is 22.6. The Balaban J connectivity index is 1.27. The molecular formula is C29H35F2N5O6. The summed E-state index contributed by atoms with van der Waals surface area (Å²) >= 11 is 0. The SMILES string of the molecule is C[C@H](N)c1oc(-c2ccc(OC(F)F)c(OCC3CC3)c2)nc1C(=O)N1C[C@H](NC(=O)C2CC2)C[C@H]1C(=O)NC1CC1. The molecule has 0 spiro atoms. The van der Waals surface area contributed by atoms with E-state index < -0.39 is 24.6 Å². The van der Waals surface area contributed by atoms with Crippen molar-refractivity contribution in [1.29, 1.82) is 0 Å². The molecule has 3 saturated carbocycles. The Morgan fingerprint density at radius 3 is 2.45 bits per heavy atom. The number of oxazole rings is 1. The van der Waals surface area contributed by atoms with Gasteiger partial charge in [-0.2, -0.15) is 8.78 Å². The van der Waals surface area contributed by atoms with Crippen LogP contribution in [-0.4, -0.2) is 65.5 Å². The van der Waals surface area contributed by atoms with Crippen LogP contribution in [0, 0.1) is 11.8 Å². The van der Waals surface area contributed by atoms with Crippen molar-refractivity contribution >= 4 is 17.7 Å². The highest BCUT2D eigenvalue weighted by atomic mass is 19.3. The highest BCUT2D eigenvalue weighted by Crippen LogP contribution is 2.38. The van der Waals surface area contributed by atoms with Gasteiger partial charge in [0.1, 0.15) is 6.04 Å². The van der Waals surface area contributed by atoms with E-state index in [-0.39, 0.29) is 71.6 Å². The molecule has 13 heteroatoms. The molecule has 6 rings (SSSR count). The van der Waals surface area contributed by atoms with E-state index in [0.29, 0.717) is 18.1 Å². The molecule has 226 valence electrons. The standard InChI is InChI=1S/C29H35F2N5O6/c1-14(32)24-23(35-27(42-24)17-6-9-21(41-29(30)31)22(10-17)40-13-15-2-3-15)28(39)36-12-19(34-25(37)16-4-5-16)11-20(36)26(38)33-18-7-8-18/h6,9-10,14-16,18-20,29H,2-5,7-8,11-13,32H2,1H3,(H,33,38)(H,34,37)/t14-,19+,20-/m0/s1. The molecule has 4 fully saturated rings. The highest BCUT2D eigenvalue weighted by molar-refractivity contribution is 5.98. The van der Waals surface area contributed by atoms with Crippen LogP contribution in [0.4, 0.5) is 8.78 Å². The minimum Gasteiger partial charge on any atom is -0.489 e. The minimum absolute atomic E-state index is 0.00749. The fourth-order valence-corrected chi connectivity index (χ4v) is 5.10. The molecule has 2 aromatic rings. The lowest BCUT2D eigenvalue weighted by molar-refractivity contribution is -0.125. The van der Waals surface area contributed by atoms with Gasteiger partial charge in [-0.3, -0.25) is 14.4 Å². The number of nitrogens with two attached hydrogens (primary N) is 1. The summed E-state index contributed by atoms with van der Waals surface area (Å²) in [7, 11) is 0. The highest BCUT2D eigenvalue weighted by Gasteiger charge is 2.44. The van der Waals surface area contributed by atoms with Gasteiger partial charge in [0, 0.05) is 30.1 Å². The second-order valence-corrected chi connectivity index (χ2v) is 11.8. The first-order valence-corrected chi connectivity index (χ1v) is 14.6. The molecule has 0 bridgehead atoms. The number of hydrogen-bond acceptors (Lipinski definition) is 8. The molecular weight excluding hydrogens is 552 g/mol. The number of nitrogens with one attached hydrogen (secondary N) is 2. The van der Waals surface area contributed by atoms with Crippen molar-refractivity contribution in [3.05, 3.63) is 29.7 Å². The lowest BCUT2D eigenvalue weighted by atomic mass is 10.1. The third-order valence-corrected chi connectivity index (χ3v) is 7.93. The third kappa shape index (κ3) is 6.50. The molecule has 1 aromatic carbocycles. The van der Waals surface area contributed by atoms with Crippen molar-refractivity contribution in [3.8, 4) is 23.0 Å². The number of aromatic nitrogens is 1.